The van der Waals surface area contributed by atoms with E-state index in [2.05, 4.69) is 67.0 Å². The molecule has 1 saturated heterocycles. The minimum atomic E-state index is 0.0823. The van der Waals surface area contributed by atoms with Gasteiger partial charge in [-0.1, -0.05) is 26.2 Å². The summed E-state index contributed by atoms with van der Waals surface area (Å²) < 4.78 is 0. The fraction of sp³-hybridized carbons (Fsp3) is 0.452. The van der Waals surface area contributed by atoms with Crippen LogP contribution in [-0.2, 0) is 4.79 Å². The third-order valence-corrected chi connectivity index (χ3v) is 7.53. The van der Waals surface area contributed by atoms with Crippen LogP contribution in [0.15, 0.2) is 51.4 Å². The normalized spacial score (nSPS) is 20.4. The first-order valence-corrected chi connectivity index (χ1v) is 13.2. The van der Waals surface area contributed by atoms with Gasteiger partial charge in [0.05, 0.1) is 5.70 Å². The van der Waals surface area contributed by atoms with E-state index in [-0.39, 0.29) is 24.3 Å². The highest BCUT2D eigenvalue weighted by Gasteiger charge is 2.34. The number of carbonyl (C=O) groups is 1. The lowest BCUT2D eigenvalue weighted by atomic mass is 9.86. The molecule has 0 saturated carbocycles. The van der Waals surface area contributed by atoms with Crippen LogP contribution in [0.4, 0.5) is 0 Å². The summed E-state index contributed by atoms with van der Waals surface area (Å²) in [5.41, 5.74) is 9.86. The largest absolute Gasteiger partial charge is 0.396 e. The molecule has 1 aromatic rings. The predicted molar refractivity (Wildman–Crippen MR) is 162 cm³/mol. The van der Waals surface area contributed by atoms with Gasteiger partial charge in [-0.25, -0.2) is 0 Å². The van der Waals surface area contributed by atoms with Crippen molar-refractivity contribution >= 4 is 36.6 Å². The zero-order valence-corrected chi connectivity index (χ0v) is 24.2. The molecule has 2 heterocycles. The van der Waals surface area contributed by atoms with Crippen LogP contribution in [0.1, 0.15) is 69.5 Å². The van der Waals surface area contributed by atoms with Crippen LogP contribution in [0.3, 0.4) is 0 Å². The highest BCUT2D eigenvalue weighted by atomic mass is 16.3. The van der Waals surface area contributed by atoms with Crippen molar-refractivity contribution in [3.63, 3.8) is 0 Å². The number of H-pyrrole nitrogens is 1. The van der Waals surface area contributed by atoms with Crippen molar-refractivity contribution in [3.8, 4) is 0 Å². The molecular weight excluding hydrogens is 474 g/mol. The Bertz CT molecular complexity index is 1190. The van der Waals surface area contributed by atoms with E-state index >= 15 is 0 Å². The van der Waals surface area contributed by atoms with Gasteiger partial charge in [0.1, 0.15) is 0 Å². The van der Waals surface area contributed by atoms with E-state index in [1.54, 1.807) is 19.0 Å². The number of amides is 1. The summed E-state index contributed by atoms with van der Waals surface area (Å²) in [6.45, 7) is 22.6. The molecule has 7 nitrogen and oxygen atoms in total. The maximum absolute atomic E-state index is 12.8. The molecule has 0 aromatic carbocycles. The molecule has 7 heteroatoms. The molecule has 1 aliphatic heterocycles. The van der Waals surface area contributed by atoms with Gasteiger partial charge >= 0.3 is 0 Å². The van der Waals surface area contributed by atoms with E-state index in [4.69, 9.17) is 5.11 Å². The highest BCUT2D eigenvalue weighted by Crippen LogP contribution is 2.39. The predicted octanol–water partition coefficient (Wildman–Crippen LogP) is 5.77. The second-order valence-electron chi connectivity index (χ2n) is 10.1. The number of aromatic nitrogens is 1. The molecule has 0 bridgehead atoms. The van der Waals surface area contributed by atoms with E-state index in [0.717, 1.165) is 62.9 Å². The van der Waals surface area contributed by atoms with Crippen LogP contribution in [0.5, 0.6) is 0 Å². The van der Waals surface area contributed by atoms with Gasteiger partial charge in [0, 0.05) is 79.6 Å². The number of nitrogens with zero attached hydrogens (tertiary/aromatic N) is 3. The number of aliphatic imine (C=N–C) groups is 2. The summed E-state index contributed by atoms with van der Waals surface area (Å²) in [6.07, 6.45) is 7.71. The van der Waals surface area contributed by atoms with E-state index < -0.39 is 0 Å². The van der Waals surface area contributed by atoms with Crippen molar-refractivity contribution in [2.75, 3.05) is 27.2 Å². The number of nitrogens with one attached hydrogen (secondary N) is 2. The Morgan fingerprint density at radius 3 is 2.47 bits per heavy atom. The lowest BCUT2D eigenvalue weighted by Gasteiger charge is -2.20. The fourth-order valence-corrected chi connectivity index (χ4v) is 4.80. The SMILES string of the molecule is C=Cc1c(/C=C(\N=C)C(=C)C)[nH]c(/C=C2\NC(=C(C)C(C)=NC)[C@@H](CCC(=O)N(C)CCCO)[C@@H]2C)c1C. The quantitative estimate of drug-likeness (QED) is 0.242. The van der Waals surface area contributed by atoms with Gasteiger partial charge in [-0.05, 0) is 76.1 Å². The second kappa shape index (κ2) is 13.9. The van der Waals surface area contributed by atoms with Gasteiger partial charge in [-0.15, -0.1) is 0 Å². The van der Waals surface area contributed by atoms with Crippen molar-refractivity contribution in [1.82, 2.24) is 15.2 Å². The first-order chi connectivity index (χ1) is 18.0. The third kappa shape index (κ3) is 7.10. The maximum atomic E-state index is 12.8. The van der Waals surface area contributed by atoms with Crippen LogP contribution < -0.4 is 5.32 Å². The molecule has 0 radical (unpaired) electrons. The number of aromatic amines is 1. The molecule has 1 fully saturated rings. The Morgan fingerprint density at radius 2 is 1.92 bits per heavy atom. The number of hydrogen-bond acceptors (Lipinski definition) is 5. The molecule has 2 atom stereocenters. The lowest BCUT2D eigenvalue weighted by molar-refractivity contribution is -0.130. The number of allylic oxidation sites excluding steroid dienone is 4. The van der Waals surface area contributed by atoms with Crippen LogP contribution in [0.25, 0.3) is 18.2 Å². The van der Waals surface area contributed by atoms with Gasteiger partial charge in [0.25, 0.3) is 0 Å². The standard InChI is InChI=1S/C31H45N5O2/c1-11-24-21(5)27(34-29(24)17-26(33-9)19(2)3)18-28-22(6)25(31(35-28)20(4)23(7)32-8)13-14-30(38)36(10)15-12-16-37/h11,17-18,22,25,34-35,37H,1-2,9,12-16H2,3-8,10H3/b26-17-,28-18-,31-20?,32-23?/t22-,25-/m0/s1. The minimum absolute atomic E-state index is 0.0823. The Balaban J connectivity index is 2.48. The zero-order chi connectivity index (χ0) is 28.6. The van der Waals surface area contributed by atoms with Gasteiger partial charge in [-0.3, -0.25) is 14.8 Å². The van der Waals surface area contributed by atoms with Crippen LogP contribution in [-0.4, -0.2) is 60.6 Å². The van der Waals surface area contributed by atoms with E-state index in [0.29, 0.717) is 19.4 Å². The van der Waals surface area contributed by atoms with Crippen molar-refractivity contribution in [1.29, 1.82) is 0 Å². The average Bonchev–Trinajstić information content (AvgIpc) is 3.37. The fourth-order valence-electron chi connectivity index (χ4n) is 4.80. The molecular formula is C31H45N5O2. The van der Waals surface area contributed by atoms with Crippen molar-refractivity contribution in [3.05, 3.63) is 63.9 Å². The summed E-state index contributed by atoms with van der Waals surface area (Å²) >= 11 is 0. The van der Waals surface area contributed by atoms with Crippen molar-refractivity contribution in [2.24, 2.45) is 21.8 Å². The molecule has 0 spiro atoms. The Labute approximate surface area is 228 Å². The van der Waals surface area contributed by atoms with Crippen LogP contribution >= 0.6 is 0 Å². The van der Waals surface area contributed by atoms with Crippen molar-refractivity contribution < 1.29 is 9.90 Å². The van der Waals surface area contributed by atoms with Gasteiger partial charge in [0.15, 0.2) is 0 Å². The van der Waals surface area contributed by atoms with E-state index in [1.807, 2.05) is 26.0 Å². The molecule has 2 rings (SSSR count). The topological polar surface area (TPSA) is 93.1 Å². The first kappa shape index (κ1) is 30.8. The molecule has 1 aliphatic rings. The molecule has 3 N–H and O–H groups in total. The van der Waals surface area contributed by atoms with E-state index in [9.17, 15) is 4.79 Å². The summed E-state index contributed by atoms with van der Waals surface area (Å²) in [6, 6.07) is 0. The van der Waals surface area contributed by atoms with Crippen LogP contribution in [0.2, 0.25) is 0 Å². The molecule has 0 aliphatic carbocycles. The maximum Gasteiger partial charge on any atom is 0.222 e. The second-order valence-corrected chi connectivity index (χ2v) is 10.1. The van der Waals surface area contributed by atoms with Gasteiger partial charge in [-0.2, -0.15) is 0 Å². The third-order valence-electron chi connectivity index (χ3n) is 7.53. The number of hydrogen-bond donors (Lipinski definition) is 3. The highest BCUT2D eigenvalue weighted by molar-refractivity contribution is 5.98. The summed E-state index contributed by atoms with van der Waals surface area (Å²) in [5, 5.41) is 12.8. The Morgan fingerprint density at radius 1 is 1.24 bits per heavy atom. The van der Waals surface area contributed by atoms with Crippen molar-refractivity contribution in [2.45, 2.75) is 53.9 Å². The van der Waals surface area contributed by atoms with E-state index in [1.165, 1.54) is 0 Å². The average molecular weight is 520 g/mol. The Hall–Kier alpha value is -3.45. The monoisotopic (exact) mass is 519 g/mol. The first-order valence-electron chi connectivity index (χ1n) is 13.2. The lowest BCUT2D eigenvalue weighted by Crippen LogP contribution is -2.29. The van der Waals surface area contributed by atoms with Crippen LogP contribution in [0, 0.1) is 18.8 Å². The number of rotatable bonds is 12. The summed E-state index contributed by atoms with van der Waals surface area (Å²) in [4.78, 5) is 26.5. The van der Waals surface area contributed by atoms with Gasteiger partial charge in [0.2, 0.25) is 5.91 Å². The minimum Gasteiger partial charge on any atom is -0.396 e. The molecule has 206 valence electrons. The summed E-state index contributed by atoms with van der Waals surface area (Å²) in [5.74, 6) is 0.425. The number of carbonyl (C=O) groups excluding carboxylic acids is 1. The Kier molecular flexibility index (Phi) is 11.3. The molecule has 1 amide bonds. The number of aliphatic hydroxyl groups is 1. The zero-order valence-electron chi connectivity index (χ0n) is 24.2. The van der Waals surface area contributed by atoms with Gasteiger partial charge < -0.3 is 20.3 Å². The molecule has 0 unspecified atom stereocenters. The molecule has 1 aromatic heterocycles. The molecule has 38 heavy (non-hydrogen) atoms. The summed E-state index contributed by atoms with van der Waals surface area (Å²) in [7, 11) is 3.60. The number of aliphatic hydroxyl groups excluding tert-OH is 1. The smallest absolute Gasteiger partial charge is 0.222 e.